The monoisotopic (exact) mass is 333 g/mol. The van der Waals surface area contributed by atoms with E-state index in [-0.39, 0.29) is 23.7 Å². The van der Waals surface area contributed by atoms with Gasteiger partial charge in [0.1, 0.15) is 0 Å². The molecule has 4 rings (SSSR count). The van der Waals surface area contributed by atoms with Crippen molar-refractivity contribution in [1.82, 2.24) is 0 Å². The molecule has 1 saturated heterocycles. The Balaban J connectivity index is 1.66. The van der Waals surface area contributed by atoms with Crippen LogP contribution < -0.4 is 4.90 Å². The highest BCUT2D eigenvalue weighted by Gasteiger charge is 2.51. The SMILES string of the molecule is Cc1cccc(C)c1N1C(=O)[C@H]2C[C@@H](c3ccccc3)CC[C@H]2C1=O. The smallest absolute Gasteiger partial charge is 0.237 e. The molecule has 1 saturated carbocycles. The Bertz CT molecular complexity index is 807. The van der Waals surface area contributed by atoms with E-state index >= 15 is 0 Å². The van der Waals surface area contributed by atoms with E-state index in [4.69, 9.17) is 0 Å². The zero-order valence-electron chi connectivity index (χ0n) is 14.7. The Morgan fingerprint density at radius 1 is 0.800 bits per heavy atom. The standard InChI is InChI=1S/C22H23NO2/c1-14-7-6-8-15(2)20(14)23-21(24)18-12-11-17(13-19(18)22(23)25)16-9-4-3-5-10-16/h3-10,17-19H,11-13H2,1-2H3/t17-,18+,19-/m0/s1. The highest BCUT2D eigenvalue weighted by molar-refractivity contribution is 6.22. The number of carbonyl (C=O) groups is 2. The van der Waals surface area contributed by atoms with Gasteiger partial charge in [-0.25, -0.2) is 4.90 Å². The van der Waals surface area contributed by atoms with Crippen LogP contribution in [0.25, 0.3) is 0 Å². The quantitative estimate of drug-likeness (QED) is 0.765. The van der Waals surface area contributed by atoms with Crippen molar-refractivity contribution >= 4 is 17.5 Å². The van der Waals surface area contributed by atoms with Gasteiger partial charge in [-0.05, 0) is 55.7 Å². The second kappa shape index (κ2) is 6.14. The highest BCUT2D eigenvalue weighted by Crippen LogP contribution is 2.46. The lowest BCUT2D eigenvalue weighted by atomic mass is 9.73. The highest BCUT2D eigenvalue weighted by atomic mass is 16.2. The van der Waals surface area contributed by atoms with Crippen molar-refractivity contribution in [2.45, 2.75) is 39.0 Å². The Morgan fingerprint density at radius 2 is 1.44 bits per heavy atom. The van der Waals surface area contributed by atoms with Crippen LogP contribution in [0.1, 0.15) is 41.9 Å². The van der Waals surface area contributed by atoms with Crippen LogP contribution in [0.3, 0.4) is 0 Å². The second-order valence-electron chi connectivity index (χ2n) is 7.39. The lowest BCUT2D eigenvalue weighted by molar-refractivity contribution is -0.122. The first kappa shape index (κ1) is 16.1. The first-order valence-electron chi connectivity index (χ1n) is 9.07. The molecular formula is C22H23NO2. The molecule has 2 amide bonds. The number of amides is 2. The zero-order chi connectivity index (χ0) is 17.6. The lowest BCUT2D eigenvalue weighted by Crippen LogP contribution is -2.32. The molecule has 25 heavy (non-hydrogen) atoms. The van der Waals surface area contributed by atoms with Crippen LogP contribution in [0.2, 0.25) is 0 Å². The van der Waals surface area contributed by atoms with Gasteiger partial charge in [-0.2, -0.15) is 0 Å². The van der Waals surface area contributed by atoms with Crippen molar-refractivity contribution in [3.05, 3.63) is 65.2 Å². The predicted molar refractivity (Wildman–Crippen MR) is 98.4 cm³/mol. The number of imide groups is 1. The molecule has 3 atom stereocenters. The van der Waals surface area contributed by atoms with Gasteiger partial charge in [0.25, 0.3) is 0 Å². The molecule has 2 fully saturated rings. The molecule has 3 heteroatoms. The number of aryl methyl sites for hydroxylation is 2. The van der Waals surface area contributed by atoms with Gasteiger partial charge in [-0.1, -0.05) is 48.5 Å². The van der Waals surface area contributed by atoms with Crippen LogP contribution in [0, 0.1) is 25.7 Å². The van der Waals surface area contributed by atoms with Crippen molar-refractivity contribution in [2.75, 3.05) is 4.90 Å². The molecule has 1 aliphatic heterocycles. The average molecular weight is 333 g/mol. The van der Waals surface area contributed by atoms with E-state index in [9.17, 15) is 9.59 Å². The van der Waals surface area contributed by atoms with Crippen molar-refractivity contribution < 1.29 is 9.59 Å². The van der Waals surface area contributed by atoms with Crippen molar-refractivity contribution in [3.63, 3.8) is 0 Å². The second-order valence-corrected chi connectivity index (χ2v) is 7.39. The zero-order valence-corrected chi connectivity index (χ0v) is 14.7. The number of hydrogen-bond acceptors (Lipinski definition) is 2. The van der Waals surface area contributed by atoms with Gasteiger partial charge in [0.05, 0.1) is 17.5 Å². The number of fused-ring (bicyclic) bond motifs is 1. The summed E-state index contributed by atoms with van der Waals surface area (Å²) in [5.74, 6) is 0.0426. The summed E-state index contributed by atoms with van der Waals surface area (Å²) in [7, 11) is 0. The van der Waals surface area contributed by atoms with Crippen LogP contribution in [0.15, 0.2) is 48.5 Å². The maximum absolute atomic E-state index is 13.1. The van der Waals surface area contributed by atoms with E-state index in [2.05, 4.69) is 12.1 Å². The van der Waals surface area contributed by atoms with Crippen LogP contribution in [0.5, 0.6) is 0 Å². The fourth-order valence-corrected chi connectivity index (χ4v) is 4.59. The maximum Gasteiger partial charge on any atom is 0.237 e. The van der Waals surface area contributed by atoms with E-state index in [1.165, 1.54) is 10.5 Å². The van der Waals surface area contributed by atoms with Crippen LogP contribution in [0.4, 0.5) is 5.69 Å². The lowest BCUT2D eigenvalue weighted by Gasteiger charge is -2.28. The number of nitrogens with zero attached hydrogens (tertiary/aromatic N) is 1. The summed E-state index contributed by atoms with van der Waals surface area (Å²) >= 11 is 0. The topological polar surface area (TPSA) is 37.4 Å². The molecule has 0 radical (unpaired) electrons. The Labute approximate surface area is 148 Å². The third-order valence-corrected chi connectivity index (χ3v) is 5.86. The summed E-state index contributed by atoms with van der Waals surface area (Å²) < 4.78 is 0. The molecule has 2 aliphatic rings. The van der Waals surface area contributed by atoms with Crippen LogP contribution in [-0.4, -0.2) is 11.8 Å². The summed E-state index contributed by atoms with van der Waals surface area (Å²) in [6, 6.07) is 16.3. The van der Waals surface area contributed by atoms with Crippen molar-refractivity contribution in [2.24, 2.45) is 11.8 Å². The summed E-state index contributed by atoms with van der Waals surface area (Å²) in [6.07, 6.45) is 2.56. The van der Waals surface area contributed by atoms with E-state index in [0.29, 0.717) is 5.92 Å². The Kier molecular flexibility index (Phi) is 3.95. The minimum atomic E-state index is -0.175. The van der Waals surface area contributed by atoms with Gasteiger partial charge in [-0.15, -0.1) is 0 Å². The number of benzene rings is 2. The molecule has 0 unspecified atom stereocenters. The van der Waals surface area contributed by atoms with E-state index in [0.717, 1.165) is 36.1 Å². The fourth-order valence-electron chi connectivity index (χ4n) is 4.59. The normalized spacial score (nSPS) is 26.0. The first-order chi connectivity index (χ1) is 12.1. The van der Waals surface area contributed by atoms with Crippen LogP contribution in [-0.2, 0) is 9.59 Å². The predicted octanol–water partition coefficient (Wildman–Crippen LogP) is 4.38. The molecule has 1 aliphatic carbocycles. The fraction of sp³-hybridized carbons (Fsp3) is 0.364. The Morgan fingerprint density at radius 3 is 2.12 bits per heavy atom. The third-order valence-electron chi connectivity index (χ3n) is 5.86. The van der Waals surface area contributed by atoms with Crippen molar-refractivity contribution in [1.29, 1.82) is 0 Å². The average Bonchev–Trinajstić information content (AvgIpc) is 2.87. The molecule has 0 bridgehead atoms. The van der Waals surface area contributed by atoms with Gasteiger partial charge in [-0.3, -0.25) is 9.59 Å². The summed E-state index contributed by atoms with van der Waals surface area (Å²) in [5.41, 5.74) is 4.05. The maximum atomic E-state index is 13.1. The largest absolute Gasteiger partial charge is 0.274 e. The minimum Gasteiger partial charge on any atom is -0.274 e. The van der Waals surface area contributed by atoms with Gasteiger partial charge < -0.3 is 0 Å². The molecule has 0 spiro atoms. The van der Waals surface area contributed by atoms with Gasteiger partial charge in [0.2, 0.25) is 11.8 Å². The number of rotatable bonds is 2. The molecule has 3 nitrogen and oxygen atoms in total. The Hall–Kier alpha value is -2.42. The summed E-state index contributed by atoms with van der Waals surface area (Å²) in [6.45, 7) is 3.94. The molecule has 128 valence electrons. The van der Waals surface area contributed by atoms with Crippen molar-refractivity contribution in [3.8, 4) is 0 Å². The number of anilines is 1. The number of para-hydroxylation sites is 1. The molecular weight excluding hydrogens is 310 g/mol. The van der Waals surface area contributed by atoms with E-state index in [1.54, 1.807) is 0 Å². The van der Waals surface area contributed by atoms with E-state index in [1.807, 2.05) is 50.2 Å². The summed E-state index contributed by atoms with van der Waals surface area (Å²) in [5, 5.41) is 0. The molecule has 1 heterocycles. The number of hydrogen-bond donors (Lipinski definition) is 0. The van der Waals surface area contributed by atoms with Gasteiger partial charge in [0.15, 0.2) is 0 Å². The summed E-state index contributed by atoms with van der Waals surface area (Å²) in [4.78, 5) is 27.6. The minimum absolute atomic E-state index is 0.00101. The van der Waals surface area contributed by atoms with Gasteiger partial charge in [0, 0.05) is 0 Å². The van der Waals surface area contributed by atoms with Crippen LogP contribution >= 0.6 is 0 Å². The van der Waals surface area contributed by atoms with E-state index < -0.39 is 0 Å². The first-order valence-corrected chi connectivity index (χ1v) is 9.07. The number of carbonyl (C=O) groups excluding carboxylic acids is 2. The molecule has 2 aromatic rings. The molecule has 0 aromatic heterocycles. The van der Waals surface area contributed by atoms with Gasteiger partial charge >= 0.3 is 0 Å². The molecule has 0 N–H and O–H groups in total. The molecule has 2 aromatic carbocycles. The third kappa shape index (κ3) is 2.58.